The molecule has 0 aromatic heterocycles. The molecule has 2 aliphatic heterocycles. The number of nitrogens with one attached hydrogen (secondary N) is 2. The van der Waals surface area contributed by atoms with Crippen molar-refractivity contribution < 1.29 is 9.53 Å². The van der Waals surface area contributed by atoms with Crippen LogP contribution in [-0.4, -0.2) is 38.3 Å². The molecule has 1 unspecified atom stereocenters. The Morgan fingerprint density at radius 3 is 2.83 bits per heavy atom. The molecule has 0 bridgehead atoms. The Bertz CT molecular complexity index is 532. The number of carbonyl (C=O) groups excluding carboxylic acids is 1. The van der Waals surface area contributed by atoms with Crippen LogP contribution in [-0.2, 0) is 14.9 Å². The first-order chi connectivity index (χ1) is 11.2. The van der Waals surface area contributed by atoms with Gasteiger partial charge < -0.3 is 15.4 Å². The highest BCUT2D eigenvalue weighted by Gasteiger charge is 2.36. The molecule has 2 fully saturated rings. The van der Waals surface area contributed by atoms with Gasteiger partial charge in [-0.2, -0.15) is 0 Å². The molecule has 1 aromatic rings. The molecule has 1 aromatic carbocycles. The Kier molecular flexibility index (Phi) is 5.34. The van der Waals surface area contributed by atoms with E-state index in [1.54, 1.807) is 0 Å². The molecule has 0 saturated carbocycles. The summed E-state index contributed by atoms with van der Waals surface area (Å²) in [5.41, 5.74) is 2.69. The van der Waals surface area contributed by atoms with Crippen LogP contribution in [0.15, 0.2) is 24.3 Å². The molecular formula is C19H28N2O2. The van der Waals surface area contributed by atoms with Gasteiger partial charge in [0.1, 0.15) is 0 Å². The summed E-state index contributed by atoms with van der Waals surface area (Å²) in [6, 6.07) is 8.92. The highest BCUT2D eigenvalue weighted by molar-refractivity contribution is 5.76. The lowest BCUT2D eigenvalue weighted by molar-refractivity contribution is -0.122. The van der Waals surface area contributed by atoms with E-state index in [4.69, 9.17) is 4.74 Å². The van der Waals surface area contributed by atoms with E-state index in [0.717, 1.165) is 39.0 Å². The second-order valence-electron chi connectivity index (χ2n) is 6.98. The first-order valence-corrected chi connectivity index (χ1v) is 8.84. The molecule has 1 atom stereocenters. The van der Waals surface area contributed by atoms with Gasteiger partial charge in [-0.15, -0.1) is 0 Å². The minimum Gasteiger partial charge on any atom is -0.381 e. The highest BCUT2D eigenvalue weighted by Crippen LogP contribution is 2.36. The van der Waals surface area contributed by atoms with Crippen LogP contribution in [0.25, 0.3) is 0 Å². The maximum absolute atomic E-state index is 12.3. The van der Waals surface area contributed by atoms with Crippen LogP contribution in [0.5, 0.6) is 0 Å². The van der Waals surface area contributed by atoms with Gasteiger partial charge in [-0.3, -0.25) is 4.79 Å². The fourth-order valence-electron chi connectivity index (χ4n) is 3.97. The molecule has 0 aliphatic carbocycles. The van der Waals surface area contributed by atoms with Crippen molar-refractivity contribution in [3.8, 4) is 0 Å². The minimum absolute atomic E-state index is 0.0162. The van der Waals surface area contributed by atoms with Crippen LogP contribution in [0.4, 0.5) is 0 Å². The second-order valence-corrected chi connectivity index (χ2v) is 6.98. The quantitative estimate of drug-likeness (QED) is 0.876. The molecule has 4 nitrogen and oxygen atoms in total. The Labute approximate surface area is 139 Å². The molecule has 23 heavy (non-hydrogen) atoms. The second kappa shape index (κ2) is 7.45. The topological polar surface area (TPSA) is 50.4 Å². The third-order valence-corrected chi connectivity index (χ3v) is 5.38. The van der Waals surface area contributed by atoms with Crippen LogP contribution in [0.3, 0.4) is 0 Å². The number of hydrogen-bond acceptors (Lipinski definition) is 3. The van der Waals surface area contributed by atoms with Gasteiger partial charge in [0.05, 0.1) is 0 Å². The first kappa shape index (κ1) is 16.5. The number of carbonyl (C=O) groups is 1. The smallest absolute Gasteiger partial charge is 0.221 e. The van der Waals surface area contributed by atoms with Gasteiger partial charge in [0.25, 0.3) is 0 Å². The summed E-state index contributed by atoms with van der Waals surface area (Å²) in [5, 5.41) is 6.61. The summed E-state index contributed by atoms with van der Waals surface area (Å²) in [6.07, 6.45) is 4.84. The number of rotatable bonds is 5. The Hall–Kier alpha value is -1.39. The maximum Gasteiger partial charge on any atom is 0.221 e. The van der Waals surface area contributed by atoms with Crippen molar-refractivity contribution in [3.05, 3.63) is 35.4 Å². The maximum atomic E-state index is 12.3. The van der Waals surface area contributed by atoms with Gasteiger partial charge in [-0.05, 0) is 50.3 Å². The monoisotopic (exact) mass is 316 g/mol. The van der Waals surface area contributed by atoms with Crippen molar-refractivity contribution in [1.29, 1.82) is 0 Å². The van der Waals surface area contributed by atoms with E-state index in [1.165, 1.54) is 17.5 Å². The van der Waals surface area contributed by atoms with E-state index < -0.39 is 0 Å². The molecule has 2 N–H and O–H groups in total. The van der Waals surface area contributed by atoms with Crippen molar-refractivity contribution in [1.82, 2.24) is 10.6 Å². The molecule has 0 spiro atoms. The van der Waals surface area contributed by atoms with E-state index >= 15 is 0 Å². The van der Waals surface area contributed by atoms with Gasteiger partial charge >= 0.3 is 0 Å². The predicted octanol–water partition coefficient (Wildman–Crippen LogP) is 2.30. The zero-order chi connectivity index (χ0) is 16.1. The van der Waals surface area contributed by atoms with Gasteiger partial charge in [0.2, 0.25) is 5.91 Å². The molecular weight excluding hydrogens is 288 g/mol. The predicted molar refractivity (Wildman–Crippen MR) is 91.6 cm³/mol. The number of benzene rings is 1. The Balaban J connectivity index is 1.67. The summed E-state index contributed by atoms with van der Waals surface area (Å²) in [4.78, 5) is 12.3. The van der Waals surface area contributed by atoms with Gasteiger partial charge in [0, 0.05) is 37.6 Å². The molecule has 1 amide bonds. The van der Waals surface area contributed by atoms with Crippen LogP contribution >= 0.6 is 0 Å². The number of amides is 1. The van der Waals surface area contributed by atoms with E-state index in [1.807, 2.05) is 0 Å². The number of aryl methyl sites for hydroxylation is 1. The highest BCUT2D eigenvalue weighted by atomic mass is 16.5. The van der Waals surface area contributed by atoms with Crippen molar-refractivity contribution in [2.24, 2.45) is 0 Å². The van der Waals surface area contributed by atoms with Crippen molar-refractivity contribution in [3.63, 3.8) is 0 Å². The fourth-order valence-corrected chi connectivity index (χ4v) is 3.97. The van der Waals surface area contributed by atoms with Crippen LogP contribution in [0, 0.1) is 6.92 Å². The van der Waals surface area contributed by atoms with E-state index in [0.29, 0.717) is 19.0 Å². The van der Waals surface area contributed by atoms with Crippen LogP contribution < -0.4 is 10.6 Å². The summed E-state index contributed by atoms with van der Waals surface area (Å²) in [7, 11) is 0. The van der Waals surface area contributed by atoms with E-state index in [9.17, 15) is 4.79 Å². The molecule has 4 heteroatoms. The fraction of sp³-hybridized carbons (Fsp3) is 0.632. The lowest BCUT2D eigenvalue weighted by Crippen LogP contribution is -2.45. The molecule has 126 valence electrons. The average molecular weight is 316 g/mol. The largest absolute Gasteiger partial charge is 0.381 e. The molecule has 0 radical (unpaired) electrons. The molecule has 2 heterocycles. The standard InChI is InChI=1S/C19H28N2O2/c1-15-5-2-3-7-17(15)19(8-11-23-12-9-19)14-21-18(22)13-16-6-4-10-20-16/h2-3,5,7,16,20H,4,6,8-14H2,1H3,(H,21,22). The number of ether oxygens (including phenoxy) is 1. The van der Waals surface area contributed by atoms with Gasteiger partial charge in [0.15, 0.2) is 0 Å². The lowest BCUT2D eigenvalue weighted by Gasteiger charge is -2.39. The zero-order valence-electron chi connectivity index (χ0n) is 14.1. The molecule has 3 rings (SSSR count). The number of hydrogen-bond donors (Lipinski definition) is 2. The van der Waals surface area contributed by atoms with Crippen molar-refractivity contribution >= 4 is 5.91 Å². The molecule has 2 saturated heterocycles. The van der Waals surface area contributed by atoms with Crippen molar-refractivity contribution in [2.45, 2.75) is 50.5 Å². The van der Waals surface area contributed by atoms with Crippen LogP contribution in [0.1, 0.15) is 43.2 Å². The lowest BCUT2D eigenvalue weighted by atomic mass is 9.72. The van der Waals surface area contributed by atoms with Gasteiger partial charge in [-0.1, -0.05) is 24.3 Å². The summed E-state index contributed by atoms with van der Waals surface area (Å²) < 4.78 is 5.58. The summed E-state index contributed by atoms with van der Waals surface area (Å²) in [6.45, 7) is 5.47. The first-order valence-electron chi connectivity index (χ1n) is 8.84. The Morgan fingerprint density at radius 1 is 1.35 bits per heavy atom. The summed E-state index contributed by atoms with van der Waals surface area (Å²) in [5.74, 6) is 0.170. The summed E-state index contributed by atoms with van der Waals surface area (Å²) >= 11 is 0. The van der Waals surface area contributed by atoms with Crippen LogP contribution in [0.2, 0.25) is 0 Å². The van der Waals surface area contributed by atoms with E-state index in [-0.39, 0.29) is 11.3 Å². The van der Waals surface area contributed by atoms with Gasteiger partial charge in [-0.25, -0.2) is 0 Å². The zero-order valence-corrected chi connectivity index (χ0v) is 14.1. The average Bonchev–Trinajstić information content (AvgIpc) is 3.07. The third kappa shape index (κ3) is 3.93. The van der Waals surface area contributed by atoms with E-state index in [2.05, 4.69) is 41.8 Å². The SMILES string of the molecule is Cc1ccccc1C1(CNC(=O)CC2CCCN2)CCOCC1. The molecule has 2 aliphatic rings. The minimum atomic E-state index is 0.0162. The third-order valence-electron chi connectivity index (χ3n) is 5.38. The Morgan fingerprint density at radius 2 is 2.13 bits per heavy atom. The van der Waals surface area contributed by atoms with Crippen molar-refractivity contribution in [2.75, 3.05) is 26.3 Å². The normalized spacial score (nSPS) is 23.6.